The van der Waals surface area contributed by atoms with Crippen LogP contribution in [-0.2, 0) is 0 Å². The molecule has 0 aromatic carbocycles. The van der Waals surface area contributed by atoms with Gasteiger partial charge >= 0.3 is 0 Å². The van der Waals surface area contributed by atoms with E-state index < -0.39 is 5.60 Å². The monoisotopic (exact) mass is 258 g/mol. The fourth-order valence-corrected chi connectivity index (χ4v) is 2.50. The number of aliphatic hydroxyl groups excluding tert-OH is 1. The van der Waals surface area contributed by atoms with Crippen LogP contribution >= 0.6 is 0 Å². The first kappa shape index (κ1) is 17.9. The highest BCUT2D eigenvalue weighted by molar-refractivity contribution is 4.77. The molecule has 0 heterocycles. The number of hydrogen-bond donors (Lipinski definition) is 2. The first-order valence-electron chi connectivity index (χ1n) is 8.01. The first-order valence-corrected chi connectivity index (χ1v) is 8.01. The fraction of sp³-hybridized carbons (Fsp3) is 1.00. The van der Waals surface area contributed by atoms with Crippen LogP contribution in [0.3, 0.4) is 0 Å². The molecule has 1 atom stereocenters. The molecule has 0 saturated heterocycles. The smallest absolute Gasteiger partial charge is 0.0669 e. The Morgan fingerprint density at radius 2 is 1.17 bits per heavy atom. The fourth-order valence-electron chi connectivity index (χ4n) is 2.50. The van der Waals surface area contributed by atoms with Gasteiger partial charge in [-0.05, 0) is 19.3 Å². The van der Waals surface area contributed by atoms with Crippen molar-refractivity contribution >= 4 is 0 Å². The third-order valence-electron chi connectivity index (χ3n) is 3.82. The molecule has 0 aliphatic rings. The van der Waals surface area contributed by atoms with E-state index in [9.17, 15) is 5.11 Å². The summed E-state index contributed by atoms with van der Waals surface area (Å²) in [6, 6.07) is 0. The zero-order chi connectivity index (χ0) is 13.7. The van der Waals surface area contributed by atoms with Crippen LogP contribution in [0.2, 0.25) is 0 Å². The van der Waals surface area contributed by atoms with Crippen molar-refractivity contribution in [1.29, 1.82) is 0 Å². The van der Waals surface area contributed by atoms with E-state index in [4.69, 9.17) is 5.11 Å². The standard InChI is InChI=1S/C16H34O2/c1-3-5-7-8-9-10-11-13-16(18,14-15-17)12-6-4-2/h17-18H,3-15H2,1-2H3. The number of unbranched alkanes of at least 4 members (excludes halogenated alkanes) is 7. The molecule has 1 unspecified atom stereocenters. The summed E-state index contributed by atoms with van der Waals surface area (Å²) in [5.74, 6) is 0. The van der Waals surface area contributed by atoms with Crippen molar-refractivity contribution in [1.82, 2.24) is 0 Å². The largest absolute Gasteiger partial charge is 0.396 e. The van der Waals surface area contributed by atoms with Gasteiger partial charge in [0.25, 0.3) is 0 Å². The summed E-state index contributed by atoms with van der Waals surface area (Å²) >= 11 is 0. The molecule has 0 aromatic heterocycles. The van der Waals surface area contributed by atoms with Gasteiger partial charge in [-0.2, -0.15) is 0 Å². The Morgan fingerprint density at radius 3 is 1.72 bits per heavy atom. The van der Waals surface area contributed by atoms with E-state index in [1.54, 1.807) is 0 Å². The Morgan fingerprint density at radius 1 is 0.667 bits per heavy atom. The van der Waals surface area contributed by atoms with Gasteiger partial charge in [0.15, 0.2) is 0 Å². The van der Waals surface area contributed by atoms with Crippen LogP contribution in [0.25, 0.3) is 0 Å². The molecule has 2 heteroatoms. The van der Waals surface area contributed by atoms with E-state index in [1.807, 2.05) is 0 Å². The lowest BCUT2D eigenvalue weighted by Gasteiger charge is -2.27. The molecule has 0 aliphatic carbocycles. The molecule has 0 bridgehead atoms. The second kappa shape index (κ2) is 12.0. The predicted octanol–water partition coefficient (Wildman–Crippen LogP) is 4.43. The van der Waals surface area contributed by atoms with E-state index in [0.717, 1.165) is 32.1 Å². The third-order valence-corrected chi connectivity index (χ3v) is 3.82. The van der Waals surface area contributed by atoms with Crippen LogP contribution < -0.4 is 0 Å². The second-order valence-electron chi connectivity index (χ2n) is 5.67. The molecule has 0 amide bonds. The van der Waals surface area contributed by atoms with Crippen molar-refractivity contribution in [3.05, 3.63) is 0 Å². The van der Waals surface area contributed by atoms with E-state index in [1.165, 1.54) is 38.5 Å². The van der Waals surface area contributed by atoms with Gasteiger partial charge < -0.3 is 10.2 Å². The van der Waals surface area contributed by atoms with Crippen LogP contribution in [0.5, 0.6) is 0 Å². The second-order valence-corrected chi connectivity index (χ2v) is 5.67. The van der Waals surface area contributed by atoms with Crippen molar-refractivity contribution < 1.29 is 10.2 Å². The molecule has 18 heavy (non-hydrogen) atoms. The summed E-state index contributed by atoms with van der Waals surface area (Å²) in [4.78, 5) is 0. The normalized spacial score (nSPS) is 14.7. The minimum absolute atomic E-state index is 0.108. The first-order chi connectivity index (χ1) is 8.68. The summed E-state index contributed by atoms with van der Waals surface area (Å²) in [7, 11) is 0. The van der Waals surface area contributed by atoms with Gasteiger partial charge in [-0.15, -0.1) is 0 Å². The summed E-state index contributed by atoms with van der Waals surface area (Å²) < 4.78 is 0. The summed E-state index contributed by atoms with van der Waals surface area (Å²) in [5, 5.41) is 19.5. The zero-order valence-corrected chi connectivity index (χ0v) is 12.6. The van der Waals surface area contributed by atoms with Crippen molar-refractivity contribution in [2.75, 3.05) is 6.61 Å². The number of aliphatic hydroxyl groups is 2. The van der Waals surface area contributed by atoms with Gasteiger partial charge in [-0.1, -0.05) is 71.6 Å². The molecule has 0 saturated carbocycles. The summed E-state index contributed by atoms with van der Waals surface area (Å²) in [6.45, 7) is 4.49. The molecule has 0 spiro atoms. The highest BCUT2D eigenvalue weighted by Gasteiger charge is 2.24. The van der Waals surface area contributed by atoms with Crippen molar-refractivity contribution in [3.63, 3.8) is 0 Å². The maximum atomic E-state index is 10.4. The lowest BCUT2D eigenvalue weighted by atomic mass is 9.87. The van der Waals surface area contributed by atoms with E-state index in [0.29, 0.717) is 6.42 Å². The van der Waals surface area contributed by atoms with Gasteiger partial charge in [-0.3, -0.25) is 0 Å². The maximum Gasteiger partial charge on any atom is 0.0669 e. The molecule has 110 valence electrons. The van der Waals surface area contributed by atoms with Crippen LogP contribution in [0.15, 0.2) is 0 Å². The average molecular weight is 258 g/mol. The van der Waals surface area contributed by atoms with Crippen LogP contribution in [0.1, 0.15) is 90.9 Å². The summed E-state index contributed by atoms with van der Waals surface area (Å²) in [5.41, 5.74) is -0.603. The Kier molecular flexibility index (Phi) is 11.9. The zero-order valence-electron chi connectivity index (χ0n) is 12.6. The Balaban J connectivity index is 3.62. The lowest BCUT2D eigenvalue weighted by molar-refractivity contribution is -0.00372. The van der Waals surface area contributed by atoms with E-state index in [2.05, 4.69) is 13.8 Å². The molecular weight excluding hydrogens is 224 g/mol. The highest BCUT2D eigenvalue weighted by atomic mass is 16.3. The molecule has 0 rings (SSSR count). The van der Waals surface area contributed by atoms with E-state index >= 15 is 0 Å². The molecule has 0 radical (unpaired) electrons. The molecular formula is C16H34O2. The maximum absolute atomic E-state index is 10.4. The van der Waals surface area contributed by atoms with Gasteiger partial charge in [0.2, 0.25) is 0 Å². The predicted molar refractivity (Wildman–Crippen MR) is 78.8 cm³/mol. The van der Waals surface area contributed by atoms with Crippen LogP contribution in [-0.4, -0.2) is 22.4 Å². The minimum atomic E-state index is -0.603. The van der Waals surface area contributed by atoms with Gasteiger partial charge in [0, 0.05) is 6.61 Å². The van der Waals surface area contributed by atoms with Crippen LogP contribution in [0.4, 0.5) is 0 Å². The van der Waals surface area contributed by atoms with Gasteiger partial charge in [-0.25, -0.2) is 0 Å². The van der Waals surface area contributed by atoms with Gasteiger partial charge in [0.1, 0.15) is 0 Å². The van der Waals surface area contributed by atoms with Crippen molar-refractivity contribution in [3.8, 4) is 0 Å². The average Bonchev–Trinajstić information content (AvgIpc) is 2.36. The molecule has 0 aromatic rings. The van der Waals surface area contributed by atoms with E-state index in [-0.39, 0.29) is 6.61 Å². The summed E-state index contributed by atoms with van der Waals surface area (Å²) in [6.07, 6.45) is 13.4. The highest BCUT2D eigenvalue weighted by Crippen LogP contribution is 2.25. The molecule has 0 aliphatic heterocycles. The number of rotatable bonds is 13. The Bertz CT molecular complexity index is 170. The van der Waals surface area contributed by atoms with Crippen LogP contribution in [0, 0.1) is 0 Å². The van der Waals surface area contributed by atoms with Crippen molar-refractivity contribution in [2.45, 2.75) is 96.5 Å². The lowest BCUT2D eigenvalue weighted by Crippen LogP contribution is -2.29. The molecule has 2 N–H and O–H groups in total. The SMILES string of the molecule is CCCCCCCCCC(O)(CCO)CCCC. The van der Waals surface area contributed by atoms with Crippen molar-refractivity contribution in [2.24, 2.45) is 0 Å². The quantitative estimate of drug-likeness (QED) is 0.480. The molecule has 2 nitrogen and oxygen atoms in total. The van der Waals surface area contributed by atoms with Gasteiger partial charge in [0.05, 0.1) is 5.60 Å². The topological polar surface area (TPSA) is 40.5 Å². The Labute approximate surface area is 114 Å². The third kappa shape index (κ3) is 9.90. The minimum Gasteiger partial charge on any atom is -0.396 e. The molecule has 0 fully saturated rings. The number of hydrogen-bond acceptors (Lipinski definition) is 2. The Hall–Kier alpha value is -0.0800.